The lowest BCUT2D eigenvalue weighted by molar-refractivity contribution is -0.125. The molecule has 0 unspecified atom stereocenters. The number of carbonyl (C=O) groups excluding carboxylic acids is 3. The summed E-state index contributed by atoms with van der Waals surface area (Å²) in [6, 6.07) is 9.04. The summed E-state index contributed by atoms with van der Waals surface area (Å²) < 4.78 is 10.7. The van der Waals surface area contributed by atoms with Crippen molar-refractivity contribution >= 4 is 18.1 Å². The zero-order chi connectivity index (χ0) is 21.4. The molecule has 160 valence electrons. The molecule has 1 aliphatic rings. The average Bonchev–Trinajstić information content (AvgIpc) is 2.69. The second kappa shape index (κ2) is 10.1. The maximum Gasteiger partial charge on any atom is 0.429 e. The summed E-state index contributed by atoms with van der Waals surface area (Å²) in [6.45, 7) is 5.34. The van der Waals surface area contributed by atoms with Crippen molar-refractivity contribution in [2.75, 3.05) is 7.05 Å². The standard InChI is InChI=1S/C21H31N3O5/c1-21(2,3)29-19(26)23-24(17-12-10-16(11-13-17)18(25)22-4)20(27)28-14-15-8-6-5-7-9-15/h5-9,16-17H,10-14H2,1-4H3,(H,22,25)(H,23,26). The minimum Gasteiger partial charge on any atom is -0.443 e. The summed E-state index contributed by atoms with van der Waals surface area (Å²) in [6.07, 6.45) is 1.04. The van der Waals surface area contributed by atoms with Crippen molar-refractivity contribution in [3.63, 3.8) is 0 Å². The highest BCUT2D eigenvalue weighted by atomic mass is 16.6. The Morgan fingerprint density at radius 3 is 2.24 bits per heavy atom. The molecule has 8 nitrogen and oxygen atoms in total. The van der Waals surface area contributed by atoms with Crippen molar-refractivity contribution in [3.05, 3.63) is 35.9 Å². The van der Waals surface area contributed by atoms with Gasteiger partial charge in [0.1, 0.15) is 12.2 Å². The predicted octanol–water partition coefficient (Wildman–Crippen LogP) is 3.37. The number of hydrogen-bond acceptors (Lipinski definition) is 5. The van der Waals surface area contributed by atoms with Crippen molar-refractivity contribution in [1.82, 2.24) is 15.8 Å². The van der Waals surface area contributed by atoms with E-state index in [4.69, 9.17) is 9.47 Å². The van der Waals surface area contributed by atoms with Crippen LogP contribution in [0.25, 0.3) is 0 Å². The summed E-state index contributed by atoms with van der Waals surface area (Å²) >= 11 is 0. The number of amides is 3. The van der Waals surface area contributed by atoms with Crippen molar-refractivity contribution in [1.29, 1.82) is 0 Å². The monoisotopic (exact) mass is 405 g/mol. The average molecular weight is 405 g/mol. The molecule has 0 radical (unpaired) electrons. The van der Waals surface area contributed by atoms with Crippen LogP contribution in [0.2, 0.25) is 0 Å². The number of hydrogen-bond donors (Lipinski definition) is 2. The number of hydrazine groups is 1. The first kappa shape index (κ1) is 22.5. The molecule has 3 amide bonds. The van der Waals surface area contributed by atoms with Crippen molar-refractivity contribution in [2.45, 2.75) is 64.7 Å². The third-order valence-corrected chi connectivity index (χ3v) is 4.69. The first-order valence-electron chi connectivity index (χ1n) is 9.90. The van der Waals surface area contributed by atoms with Crippen LogP contribution in [0, 0.1) is 5.92 Å². The highest BCUT2D eigenvalue weighted by Gasteiger charge is 2.34. The molecule has 1 aliphatic carbocycles. The molecule has 0 atom stereocenters. The Balaban J connectivity index is 2.03. The van der Waals surface area contributed by atoms with Gasteiger partial charge in [-0.25, -0.2) is 20.0 Å². The SMILES string of the molecule is CNC(=O)C1CCC(N(NC(=O)OC(C)(C)C)C(=O)OCc2ccccc2)CC1. The molecular weight excluding hydrogens is 374 g/mol. The van der Waals surface area contributed by atoms with E-state index in [0.29, 0.717) is 25.7 Å². The molecule has 29 heavy (non-hydrogen) atoms. The number of ether oxygens (including phenoxy) is 2. The van der Waals surface area contributed by atoms with E-state index >= 15 is 0 Å². The van der Waals surface area contributed by atoms with Gasteiger partial charge in [0.25, 0.3) is 0 Å². The second-order valence-electron chi connectivity index (χ2n) is 8.14. The van der Waals surface area contributed by atoms with Gasteiger partial charge < -0.3 is 14.8 Å². The number of nitrogens with one attached hydrogen (secondary N) is 2. The molecule has 0 saturated heterocycles. The molecule has 2 N–H and O–H groups in total. The summed E-state index contributed by atoms with van der Waals surface area (Å²) in [4.78, 5) is 36.9. The molecule has 1 saturated carbocycles. The van der Waals surface area contributed by atoms with Crippen LogP contribution in [0.1, 0.15) is 52.0 Å². The molecule has 8 heteroatoms. The van der Waals surface area contributed by atoms with Gasteiger partial charge in [-0.15, -0.1) is 0 Å². The van der Waals surface area contributed by atoms with Gasteiger partial charge >= 0.3 is 12.2 Å². The normalized spacial score (nSPS) is 19.0. The Morgan fingerprint density at radius 2 is 1.69 bits per heavy atom. The van der Waals surface area contributed by atoms with E-state index in [2.05, 4.69) is 10.7 Å². The molecule has 1 aromatic carbocycles. The van der Waals surface area contributed by atoms with Crippen LogP contribution < -0.4 is 10.7 Å². The fraction of sp³-hybridized carbons (Fsp3) is 0.571. The highest BCUT2D eigenvalue weighted by molar-refractivity contribution is 5.78. The Morgan fingerprint density at radius 1 is 1.07 bits per heavy atom. The highest BCUT2D eigenvalue weighted by Crippen LogP contribution is 2.27. The third kappa shape index (κ3) is 7.29. The van der Waals surface area contributed by atoms with Gasteiger partial charge in [0.2, 0.25) is 5.91 Å². The van der Waals surface area contributed by atoms with Crippen LogP contribution in [0.3, 0.4) is 0 Å². The van der Waals surface area contributed by atoms with Crippen LogP contribution in [-0.2, 0) is 20.9 Å². The van der Waals surface area contributed by atoms with E-state index < -0.39 is 17.8 Å². The zero-order valence-electron chi connectivity index (χ0n) is 17.6. The van der Waals surface area contributed by atoms with Gasteiger partial charge in [0.05, 0.1) is 6.04 Å². The lowest BCUT2D eigenvalue weighted by Crippen LogP contribution is -2.54. The summed E-state index contributed by atoms with van der Waals surface area (Å²) in [7, 11) is 1.62. The van der Waals surface area contributed by atoms with Crippen molar-refractivity contribution < 1.29 is 23.9 Å². The minimum absolute atomic E-state index is 0.00163. The molecule has 0 aromatic heterocycles. The van der Waals surface area contributed by atoms with Gasteiger partial charge in [-0.1, -0.05) is 30.3 Å². The predicted molar refractivity (Wildman–Crippen MR) is 108 cm³/mol. The molecule has 0 aliphatic heterocycles. The fourth-order valence-corrected chi connectivity index (χ4v) is 3.27. The van der Waals surface area contributed by atoms with Crippen LogP contribution in [-0.4, -0.2) is 41.8 Å². The quantitative estimate of drug-likeness (QED) is 0.749. The first-order valence-corrected chi connectivity index (χ1v) is 9.90. The second-order valence-corrected chi connectivity index (χ2v) is 8.14. The van der Waals surface area contributed by atoms with Crippen LogP contribution in [0.15, 0.2) is 30.3 Å². The third-order valence-electron chi connectivity index (χ3n) is 4.69. The summed E-state index contributed by atoms with van der Waals surface area (Å²) in [5.74, 6) is -0.0817. The lowest BCUT2D eigenvalue weighted by Gasteiger charge is -2.35. The largest absolute Gasteiger partial charge is 0.443 e. The van der Waals surface area contributed by atoms with Gasteiger partial charge in [-0.2, -0.15) is 0 Å². The summed E-state index contributed by atoms with van der Waals surface area (Å²) in [5.41, 5.74) is 2.69. The van der Waals surface area contributed by atoms with Gasteiger partial charge in [0.15, 0.2) is 0 Å². The van der Waals surface area contributed by atoms with Crippen LogP contribution in [0.5, 0.6) is 0 Å². The molecule has 0 bridgehead atoms. The zero-order valence-corrected chi connectivity index (χ0v) is 17.6. The molecule has 1 fully saturated rings. The topological polar surface area (TPSA) is 97.0 Å². The number of rotatable bonds is 4. The van der Waals surface area contributed by atoms with Crippen LogP contribution >= 0.6 is 0 Å². The summed E-state index contributed by atoms with van der Waals surface area (Å²) in [5, 5.41) is 3.87. The van der Waals surface area contributed by atoms with E-state index in [1.54, 1.807) is 27.8 Å². The van der Waals surface area contributed by atoms with Crippen molar-refractivity contribution in [3.8, 4) is 0 Å². The van der Waals surface area contributed by atoms with Gasteiger partial charge in [-0.05, 0) is 52.0 Å². The molecule has 0 spiro atoms. The van der Waals surface area contributed by atoms with E-state index in [1.807, 2.05) is 30.3 Å². The van der Waals surface area contributed by atoms with E-state index in [0.717, 1.165) is 5.56 Å². The first-order chi connectivity index (χ1) is 13.7. The Hall–Kier alpha value is -2.77. The minimum atomic E-state index is -0.720. The van der Waals surface area contributed by atoms with Crippen molar-refractivity contribution in [2.24, 2.45) is 5.92 Å². The van der Waals surface area contributed by atoms with Gasteiger partial charge in [-0.3, -0.25) is 4.79 Å². The molecular formula is C21H31N3O5. The smallest absolute Gasteiger partial charge is 0.429 e. The van der Waals surface area contributed by atoms with E-state index in [9.17, 15) is 14.4 Å². The fourth-order valence-electron chi connectivity index (χ4n) is 3.27. The van der Waals surface area contributed by atoms with E-state index in [1.165, 1.54) is 5.01 Å². The van der Waals surface area contributed by atoms with Gasteiger partial charge in [0, 0.05) is 13.0 Å². The maximum absolute atomic E-state index is 12.7. The molecule has 1 aromatic rings. The number of benzene rings is 1. The van der Waals surface area contributed by atoms with Crippen LogP contribution in [0.4, 0.5) is 9.59 Å². The Labute approximate surface area is 171 Å². The Kier molecular flexibility index (Phi) is 7.87. The lowest BCUT2D eigenvalue weighted by atomic mass is 9.85. The maximum atomic E-state index is 12.7. The molecule has 2 rings (SSSR count). The van der Waals surface area contributed by atoms with E-state index in [-0.39, 0.29) is 24.5 Å². The Bertz CT molecular complexity index is 694. The number of carbonyl (C=O) groups is 3. The molecule has 0 heterocycles. The number of nitrogens with zero attached hydrogens (tertiary/aromatic N) is 1.